The first-order valence-electron chi connectivity index (χ1n) is 4.82. The van der Waals surface area contributed by atoms with Gasteiger partial charge in [-0.25, -0.2) is 0 Å². The minimum atomic E-state index is -1.07. The largest absolute Gasteiger partial charge is 0.480 e. The van der Waals surface area contributed by atoms with Crippen LogP contribution in [0.1, 0.15) is 22.8 Å². The van der Waals surface area contributed by atoms with Crippen molar-refractivity contribution in [1.29, 1.82) is 0 Å². The van der Waals surface area contributed by atoms with Crippen molar-refractivity contribution in [2.45, 2.75) is 19.9 Å². The molecule has 0 aliphatic carbocycles. The lowest BCUT2D eigenvalue weighted by molar-refractivity contribution is -0.138. The molecule has 5 heteroatoms. The number of carbonyl (C=O) groups is 2. The summed E-state index contributed by atoms with van der Waals surface area (Å²) in [4.78, 5) is 22.3. The third-order valence-corrected chi connectivity index (χ3v) is 2.34. The molecule has 1 amide bonds. The molecule has 0 aliphatic heterocycles. The van der Waals surface area contributed by atoms with Crippen molar-refractivity contribution in [3.63, 3.8) is 0 Å². The van der Waals surface area contributed by atoms with Gasteiger partial charge in [0.05, 0.1) is 0 Å². The molecule has 0 radical (unpaired) electrons. The van der Waals surface area contributed by atoms with E-state index in [1.807, 2.05) is 0 Å². The molecule has 0 spiro atoms. The van der Waals surface area contributed by atoms with E-state index in [0.717, 1.165) is 0 Å². The predicted octanol–water partition coefficient (Wildman–Crippen LogP) is 0.780. The van der Waals surface area contributed by atoms with E-state index in [1.165, 1.54) is 6.92 Å². The Balaban J connectivity index is 2.89. The molecule has 0 saturated carbocycles. The smallest absolute Gasteiger partial charge is 0.325 e. The van der Waals surface area contributed by atoms with Crippen LogP contribution >= 0.6 is 0 Å². The van der Waals surface area contributed by atoms with Gasteiger partial charge in [0.1, 0.15) is 6.04 Å². The van der Waals surface area contributed by atoms with Gasteiger partial charge in [0.15, 0.2) is 0 Å². The summed E-state index contributed by atoms with van der Waals surface area (Å²) in [6, 6.07) is 4.03. The van der Waals surface area contributed by atoms with Crippen LogP contribution in [-0.4, -0.2) is 23.0 Å². The first-order valence-corrected chi connectivity index (χ1v) is 4.82. The molecule has 1 aromatic carbocycles. The lowest BCUT2D eigenvalue weighted by Crippen LogP contribution is -2.38. The minimum Gasteiger partial charge on any atom is -0.480 e. The third-order valence-electron chi connectivity index (χ3n) is 2.34. The first kappa shape index (κ1) is 12.0. The van der Waals surface area contributed by atoms with E-state index in [1.54, 1.807) is 25.1 Å². The number of nitrogens with two attached hydrogens (primary N) is 1. The molecule has 0 aromatic heterocycles. The highest BCUT2D eigenvalue weighted by molar-refractivity contribution is 5.98. The van der Waals surface area contributed by atoms with Gasteiger partial charge in [0, 0.05) is 11.3 Å². The molecule has 16 heavy (non-hydrogen) atoms. The van der Waals surface area contributed by atoms with Crippen molar-refractivity contribution >= 4 is 17.6 Å². The van der Waals surface area contributed by atoms with Crippen LogP contribution in [0.15, 0.2) is 18.2 Å². The molecule has 5 nitrogen and oxygen atoms in total. The summed E-state index contributed by atoms with van der Waals surface area (Å²) in [6.45, 7) is 3.12. The molecule has 1 rings (SSSR count). The number of amides is 1. The van der Waals surface area contributed by atoms with Gasteiger partial charge in [-0.05, 0) is 31.5 Å². The number of hydrogen-bond acceptors (Lipinski definition) is 3. The molecule has 0 saturated heterocycles. The topological polar surface area (TPSA) is 92.4 Å². The van der Waals surface area contributed by atoms with Crippen LogP contribution < -0.4 is 11.1 Å². The summed E-state index contributed by atoms with van der Waals surface area (Å²) >= 11 is 0. The van der Waals surface area contributed by atoms with E-state index in [2.05, 4.69) is 5.32 Å². The second kappa shape index (κ2) is 4.65. The normalized spacial score (nSPS) is 11.9. The van der Waals surface area contributed by atoms with E-state index < -0.39 is 17.9 Å². The predicted molar refractivity (Wildman–Crippen MR) is 60.2 cm³/mol. The first-order chi connectivity index (χ1) is 7.43. The van der Waals surface area contributed by atoms with Gasteiger partial charge in [0.2, 0.25) is 0 Å². The van der Waals surface area contributed by atoms with Crippen LogP contribution in [0.4, 0.5) is 5.69 Å². The van der Waals surface area contributed by atoms with Gasteiger partial charge in [-0.2, -0.15) is 0 Å². The zero-order valence-electron chi connectivity index (χ0n) is 9.15. The number of carboxylic acid groups (broad SMARTS) is 1. The summed E-state index contributed by atoms with van der Waals surface area (Å²) in [5.74, 6) is -1.50. The highest BCUT2D eigenvalue weighted by Crippen LogP contribution is 2.15. The maximum atomic E-state index is 11.7. The second-order valence-electron chi connectivity index (χ2n) is 3.55. The molecular weight excluding hydrogens is 208 g/mol. The van der Waals surface area contributed by atoms with Gasteiger partial charge < -0.3 is 16.2 Å². The van der Waals surface area contributed by atoms with Gasteiger partial charge in [-0.3, -0.25) is 9.59 Å². The van der Waals surface area contributed by atoms with Crippen LogP contribution in [0.5, 0.6) is 0 Å². The summed E-state index contributed by atoms with van der Waals surface area (Å²) in [5, 5.41) is 11.0. The van der Waals surface area contributed by atoms with Crippen molar-refractivity contribution in [1.82, 2.24) is 5.32 Å². The van der Waals surface area contributed by atoms with Crippen LogP contribution in [0.3, 0.4) is 0 Å². The Morgan fingerprint density at radius 3 is 2.62 bits per heavy atom. The number of anilines is 1. The molecule has 86 valence electrons. The molecule has 4 N–H and O–H groups in total. The third kappa shape index (κ3) is 2.50. The van der Waals surface area contributed by atoms with Crippen molar-refractivity contribution in [2.24, 2.45) is 0 Å². The molecular formula is C11H14N2O3. The Kier molecular flexibility index (Phi) is 3.50. The summed E-state index contributed by atoms with van der Waals surface area (Å²) in [7, 11) is 0. The van der Waals surface area contributed by atoms with Crippen molar-refractivity contribution < 1.29 is 14.7 Å². The van der Waals surface area contributed by atoms with Crippen LogP contribution in [0.2, 0.25) is 0 Å². The zero-order valence-corrected chi connectivity index (χ0v) is 9.15. The highest BCUT2D eigenvalue weighted by Gasteiger charge is 2.16. The molecule has 0 aliphatic rings. The Morgan fingerprint density at radius 2 is 2.06 bits per heavy atom. The van der Waals surface area contributed by atoms with E-state index >= 15 is 0 Å². The monoisotopic (exact) mass is 222 g/mol. The number of carboxylic acids is 1. The molecule has 0 fully saturated rings. The number of carbonyl (C=O) groups excluding carboxylic acids is 1. The van der Waals surface area contributed by atoms with Crippen molar-refractivity contribution in [2.75, 3.05) is 5.73 Å². The average molecular weight is 222 g/mol. The van der Waals surface area contributed by atoms with Crippen molar-refractivity contribution in [3.8, 4) is 0 Å². The number of benzene rings is 1. The van der Waals surface area contributed by atoms with Gasteiger partial charge in [-0.15, -0.1) is 0 Å². The Labute approximate surface area is 93.3 Å². The molecule has 0 heterocycles. The van der Waals surface area contributed by atoms with Crippen LogP contribution in [0.25, 0.3) is 0 Å². The Morgan fingerprint density at radius 1 is 1.44 bits per heavy atom. The van der Waals surface area contributed by atoms with Gasteiger partial charge in [-0.1, -0.05) is 6.07 Å². The van der Waals surface area contributed by atoms with Crippen LogP contribution in [0, 0.1) is 6.92 Å². The number of nitrogens with one attached hydrogen (secondary N) is 1. The molecule has 1 aromatic rings. The zero-order chi connectivity index (χ0) is 12.3. The fourth-order valence-corrected chi connectivity index (χ4v) is 1.24. The van der Waals surface area contributed by atoms with Gasteiger partial charge in [0.25, 0.3) is 5.91 Å². The quantitative estimate of drug-likeness (QED) is 0.659. The summed E-state index contributed by atoms with van der Waals surface area (Å²) < 4.78 is 0. The van der Waals surface area contributed by atoms with Crippen LogP contribution in [-0.2, 0) is 4.79 Å². The maximum Gasteiger partial charge on any atom is 0.325 e. The molecule has 0 bridgehead atoms. The van der Waals surface area contributed by atoms with E-state index in [0.29, 0.717) is 16.8 Å². The summed E-state index contributed by atoms with van der Waals surface area (Å²) in [5.41, 5.74) is 7.21. The lowest BCUT2D eigenvalue weighted by atomic mass is 10.1. The minimum absolute atomic E-state index is 0.396. The average Bonchev–Trinajstić information content (AvgIpc) is 2.21. The molecule has 0 unspecified atom stereocenters. The SMILES string of the molecule is Cc1c(N)cccc1C(=O)N[C@@H](C)C(=O)O. The second-order valence-corrected chi connectivity index (χ2v) is 3.55. The lowest BCUT2D eigenvalue weighted by Gasteiger charge is -2.11. The Bertz CT molecular complexity index is 429. The fraction of sp³-hybridized carbons (Fsp3) is 0.273. The standard InChI is InChI=1S/C11H14N2O3/c1-6-8(4-3-5-9(6)12)10(14)13-7(2)11(15)16/h3-5,7H,12H2,1-2H3,(H,13,14)(H,15,16)/t7-/m0/s1. The summed E-state index contributed by atoms with van der Waals surface area (Å²) in [6.07, 6.45) is 0. The number of aliphatic carboxylic acids is 1. The fourth-order valence-electron chi connectivity index (χ4n) is 1.24. The van der Waals surface area contributed by atoms with Crippen molar-refractivity contribution in [3.05, 3.63) is 29.3 Å². The number of rotatable bonds is 3. The maximum absolute atomic E-state index is 11.7. The Hall–Kier alpha value is -2.04. The van der Waals surface area contributed by atoms with E-state index in [9.17, 15) is 9.59 Å². The number of hydrogen-bond donors (Lipinski definition) is 3. The highest BCUT2D eigenvalue weighted by atomic mass is 16.4. The van der Waals surface area contributed by atoms with Gasteiger partial charge >= 0.3 is 5.97 Å². The van der Waals surface area contributed by atoms with E-state index in [4.69, 9.17) is 10.8 Å². The molecule has 1 atom stereocenters. The number of nitrogen functional groups attached to an aromatic ring is 1. The van der Waals surface area contributed by atoms with E-state index in [-0.39, 0.29) is 0 Å².